The van der Waals surface area contributed by atoms with E-state index in [1.165, 1.54) is 27.4 Å². The Kier molecular flexibility index (Phi) is 4.68. The number of hydrogen-bond donors (Lipinski definition) is 1. The number of carbonyl (C=O) groups excluding carboxylic acids is 1. The fraction of sp³-hybridized carbons (Fsp3) is 0.278. The molecule has 0 saturated carbocycles. The highest BCUT2D eigenvalue weighted by Crippen LogP contribution is 2.24. The van der Waals surface area contributed by atoms with E-state index in [1.54, 1.807) is 23.6 Å². The van der Waals surface area contributed by atoms with Gasteiger partial charge in [-0.25, -0.2) is 14.5 Å². The SMILES string of the molecule is O=C(O)c1ccc(-c2cn(CC(=O)N3CCCc4sccc4C3)nn2)cn1. The maximum atomic E-state index is 12.7. The largest absolute Gasteiger partial charge is 0.477 e. The fourth-order valence-corrected chi connectivity index (χ4v) is 4.02. The topological polar surface area (TPSA) is 101 Å². The normalized spacial score (nSPS) is 13.9. The first-order valence-corrected chi connectivity index (χ1v) is 9.41. The van der Waals surface area contributed by atoms with Crippen LogP contribution in [0.4, 0.5) is 0 Å². The molecule has 0 atom stereocenters. The lowest BCUT2D eigenvalue weighted by Crippen LogP contribution is -2.33. The highest BCUT2D eigenvalue weighted by molar-refractivity contribution is 7.10. The quantitative estimate of drug-likeness (QED) is 0.740. The molecule has 0 fully saturated rings. The van der Waals surface area contributed by atoms with Crippen molar-refractivity contribution in [1.82, 2.24) is 24.9 Å². The Morgan fingerprint density at radius 1 is 1.26 bits per heavy atom. The van der Waals surface area contributed by atoms with Crippen molar-refractivity contribution in [2.24, 2.45) is 0 Å². The molecule has 4 heterocycles. The summed E-state index contributed by atoms with van der Waals surface area (Å²) in [4.78, 5) is 30.7. The average Bonchev–Trinajstić information content (AvgIpc) is 3.26. The molecular formula is C18H17N5O3S. The molecule has 0 saturated heterocycles. The Bertz CT molecular complexity index is 979. The number of fused-ring (bicyclic) bond motifs is 1. The molecule has 0 unspecified atom stereocenters. The summed E-state index contributed by atoms with van der Waals surface area (Å²) in [5.41, 5.74) is 2.39. The average molecular weight is 383 g/mol. The monoisotopic (exact) mass is 383 g/mol. The van der Waals surface area contributed by atoms with Crippen molar-refractivity contribution in [3.63, 3.8) is 0 Å². The number of aromatic carboxylic acids is 1. The van der Waals surface area contributed by atoms with Gasteiger partial charge in [-0.1, -0.05) is 5.21 Å². The summed E-state index contributed by atoms with van der Waals surface area (Å²) in [6.45, 7) is 1.50. The van der Waals surface area contributed by atoms with E-state index in [-0.39, 0.29) is 18.1 Å². The molecule has 8 nitrogen and oxygen atoms in total. The van der Waals surface area contributed by atoms with E-state index in [2.05, 4.69) is 26.7 Å². The van der Waals surface area contributed by atoms with Crippen molar-refractivity contribution in [2.45, 2.75) is 25.9 Å². The van der Waals surface area contributed by atoms with Crippen LogP contribution in [0.3, 0.4) is 0 Å². The van der Waals surface area contributed by atoms with E-state index in [4.69, 9.17) is 5.11 Å². The molecule has 1 amide bonds. The number of pyridine rings is 1. The Morgan fingerprint density at radius 3 is 2.93 bits per heavy atom. The second kappa shape index (κ2) is 7.28. The van der Waals surface area contributed by atoms with Gasteiger partial charge in [0.2, 0.25) is 5.91 Å². The number of carboxylic acid groups (broad SMARTS) is 1. The summed E-state index contributed by atoms with van der Waals surface area (Å²) in [5, 5.41) is 19.1. The molecule has 0 bridgehead atoms. The number of thiophene rings is 1. The number of rotatable bonds is 4. The molecular weight excluding hydrogens is 366 g/mol. The van der Waals surface area contributed by atoms with E-state index in [1.807, 2.05) is 4.90 Å². The van der Waals surface area contributed by atoms with Crippen molar-refractivity contribution in [3.05, 3.63) is 52.1 Å². The summed E-state index contributed by atoms with van der Waals surface area (Å²) >= 11 is 1.75. The van der Waals surface area contributed by atoms with Gasteiger partial charge in [0.05, 0.1) is 6.20 Å². The number of aryl methyl sites for hydroxylation is 1. The molecule has 0 spiro atoms. The van der Waals surface area contributed by atoms with Crippen LogP contribution in [0.2, 0.25) is 0 Å². The summed E-state index contributed by atoms with van der Waals surface area (Å²) in [5.74, 6) is -1.08. The van der Waals surface area contributed by atoms with Crippen LogP contribution in [0.15, 0.2) is 36.0 Å². The van der Waals surface area contributed by atoms with E-state index in [0.29, 0.717) is 17.8 Å². The van der Waals surface area contributed by atoms with Gasteiger partial charge in [-0.15, -0.1) is 16.4 Å². The third-order valence-corrected chi connectivity index (χ3v) is 5.52. The molecule has 138 valence electrons. The molecule has 0 radical (unpaired) electrons. The van der Waals surface area contributed by atoms with E-state index >= 15 is 0 Å². The van der Waals surface area contributed by atoms with Gasteiger partial charge in [-0.2, -0.15) is 0 Å². The van der Waals surface area contributed by atoms with Gasteiger partial charge in [0.15, 0.2) is 0 Å². The van der Waals surface area contributed by atoms with Crippen LogP contribution in [0.25, 0.3) is 11.3 Å². The summed E-state index contributed by atoms with van der Waals surface area (Å²) in [7, 11) is 0. The Hall–Kier alpha value is -3.07. The van der Waals surface area contributed by atoms with Crippen molar-refractivity contribution in [3.8, 4) is 11.3 Å². The minimum atomic E-state index is -1.08. The van der Waals surface area contributed by atoms with E-state index < -0.39 is 5.97 Å². The number of nitrogens with zero attached hydrogens (tertiary/aromatic N) is 5. The standard InChI is InChI=1S/C18H17N5O3S/c24-17(22-6-1-2-16-13(9-22)5-7-27-16)11-23-10-15(20-21-23)12-3-4-14(18(25)26)19-8-12/h3-5,7-8,10H,1-2,6,9,11H2,(H,25,26). The van der Waals surface area contributed by atoms with E-state index in [9.17, 15) is 9.59 Å². The molecule has 3 aromatic rings. The zero-order valence-electron chi connectivity index (χ0n) is 14.4. The smallest absolute Gasteiger partial charge is 0.354 e. The van der Waals surface area contributed by atoms with Gasteiger partial charge in [0.25, 0.3) is 0 Å². The number of carbonyl (C=O) groups is 2. The fourth-order valence-electron chi connectivity index (χ4n) is 3.07. The number of hydrogen-bond acceptors (Lipinski definition) is 6. The Balaban J connectivity index is 1.44. The molecule has 9 heteroatoms. The first kappa shape index (κ1) is 17.3. The van der Waals surface area contributed by atoms with Crippen LogP contribution < -0.4 is 0 Å². The van der Waals surface area contributed by atoms with Crippen molar-refractivity contribution >= 4 is 23.2 Å². The maximum absolute atomic E-state index is 12.7. The van der Waals surface area contributed by atoms with Crippen LogP contribution in [0, 0.1) is 0 Å². The maximum Gasteiger partial charge on any atom is 0.354 e. The third kappa shape index (κ3) is 3.72. The van der Waals surface area contributed by atoms with E-state index in [0.717, 1.165) is 19.4 Å². The second-order valence-corrected chi connectivity index (χ2v) is 7.33. The Morgan fingerprint density at radius 2 is 2.15 bits per heavy atom. The summed E-state index contributed by atoms with van der Waals surface area (Å²) in [6, 6.07) is 5.13. The first-order valence-electron chi connectivity index (χ1n) is 8.53. The van der Waals surface area contributed by atoms with Crippen LogP contribution in [-0.2, 0) is 24.3 Å². The predicted molar refractivity (Wildman–Crippen MR) is 98.3 cm³/mol. The Labute approximate surface area is 159 Å². The molecule has 0 aromatic carbocycles. The van der Waals surface area contributed by atoms with Gasteiger partial charge in [0, 0.05) is 29.7 Å². The first-order chi connectivity index (χ1) is 13.1. The number of aromatic nitrogens is 4. The number of carboxylic acids is 1. The predicted octanol–water partition coefficient (Wildman–Crippen LogP) is 2.07. The van der Waals surface area contributed by atoms with Gasteiger partial charge >= 0.3 is 5.97 Å². The van der Waals surface area contributed by atoms with Gasteiger partial charge in [0.1, 0.15) is 17.9 Å². The highest BCUT2D eigenvalue weighted by atomic mass is 32.1. The van der Waals surface area contributed by atoms with Gasteiger partial charge in [-0.3, -0.25) is 4.79 Å². The molecule has 1 aliphatic rings. The second-order valence-electron chi connectivity index (χ2n) is 6.33. The highest BCUT2D eigenvalue weighted by Gasteiger charge is 2.20. The summed E-state index contributed by atoms with van der Waals surface area (Å²) < 4.78 is 1.50. The van der Waals surface area contributed by atoms with Crippen molar-refractivity contribution in [1.29, 1.82) is 0 Å². The molecule has 27 heavy (non-hydrogen) atoms. The van der Waals surface area contributed by atoms with Crippen LogP contribution in [-0.4, -0.2) is 48.4 Å². The molecule has 1 N–H and O–H groups in total. The minimum Gasteiger partial charge on any atom is -0.477 e. The zero-order chi connectivity index (χ0) is 18.8. The van der Waals surface area contributed by atoms with Crippen LogP contribution >= 0.6 is 11.3 Å². The third-order valence-electron chi connectivity index (χ3n) is 4.50. The van der Waals surface area contributed by atoms with Crippen molar-refractivity contribution < 1.29 is 14.7 Å². The summed E-state index contributed by atoms with van der Waals surface area (Å²) in [6.07, 6.45) is 5.09. The van der Waals surface area contributed by atoms with Crippen molar-refractivity contribution in [2.75, 3.05) is 6.54 Å². The van der Waals surface area contributed by atoms with Crippen LogP contribution in [0.1, 0.15) is 27.3 Å². The molecule has 3 aromatic heterocycles. The lowest BCUT2D eigenvalue weighted by atomic mass is 10.2. The lowest BCUT2D eigenvalue weighted by molar-refractivity contribution is -0.132. The number of amides is 1. The molecule has 4 rings (SSSR count). The minimum absolute atomic E-state index is 0.00449. The molecule has 0 aliphatic carbocycles. The van der Waals surface area contributed by atoms with Gasteiger partial charge < -0.3 is 10.0 Å². The molecule has 1 aliphatic heterocycles. The van der Waals surface area contributed by atoms with Gasteiger partial charge in [-0.05, 0) is 42.0 Å². The lowest BCUT2D eigenvalue weighted by Gasteiger charge is -2.20. The van der Waals surface area contributed by atoms with Crippen LogP contribution in [0.5, 0.6) is 0 Å². The zero-order valence-corrected chi connectivity index (χ0v) is 15.2.